The highest BCUT2D eigenvalue weighted by Crippen LogP contribution is 2.44. The van der Waals surface area contributed by atoms with Crippen LogP contribution in [-0.2, 0) is 11.3 Å². The Kier molecular flexibility index (Phi) is 5.98. The molecule has 6 nitrogen and oxygen atoms in total. The van der Waals surface area contributed by atoms with Gasteiger partial charge in [-0.3, -0.25) is 4.99 Å². The first-order valence-corrected chi connectivity index (χ1v) is 13.6. The number of rotatable bonds is 4. The summed E-state index contributed by atoms with van der Waals surface area (Å²) in [7, 11) is 2.17. The van der Waals surface area contributed by atoms with E-state index in [2.05, 4.69) is 50.7 Å². The summed E-state index contributed by atoms with van der Waals surface area (Å²) < 4.78 is 22.1. The van der Waals surface area contributed by atoms with Gasteiger partial charge in [0.15, 0.2) is 0 Å². The number of aliphatic imine (C=N–C) groups is 1. The molecule has 7 rings (SSSR count). The van der Waals surface area contributed by atoms with Crippen molar-refractivity contribution in [1.29, 1.82) is 0 Å². The molecular formula is C31H32FN5O. The zero-order valence-electron chi connectivity index (χ0n) is 21.7. The summed E-state index contributed by atoms with van der Waals surface area (Å²) in [6.07, 6.45) is 5.93. The smallest absolute Gasteiger partial charge is 0.128 e. The van der Waals surface area contributed by atoms with Crippen molar-refractivity contribution in [3.05, 3.63) is 77.4 Å². The third kappa shape index (κ3) is 4.10. The number of likely N-dealkylation sites (N-methyl/N-ethyl adjacent to an activating group) is 1. The molecule has 2 fully saturated rings. The van der Waals surface area contributed by atoms with Gasteiger partial charge >= 0.3 is 0 Å². The van der Waals surface area contributed by atoms with Crippen LogP contribution in [0.25, 0.3) is 27.7 Å². The Balaban J connectivity index is 1.43. The second-order valence-electron chi connectivity index (χ2n) is 10.7. The quantitative estimate of drug-likeness (QED) is 0.369. The van der Waals surface area contributed by atoms with Crippen molar-refractivity contribution in [3.8, 4) is 16.8 Å². The van der Waals surface area contributed by atoms with Crippen LogP contribution in [0.2, 0.25) is 0 Å². The lowest BCUT2D eigenvalue weighted by molar-refractivity contribution is 0.0843. The number of hydrogen-bond donors (Lipinski definition) is 0. The van der Waals surface area contributed by atoms with Crippen molar-refractivity contribution in [3.63, 3.8) is 0 Å². The van der Waals surface area contributed by atoms with Gasteiger partial charge in [0.2, 0.25) is 0 Å². The predicted molar refractivity (Wildman–Crippen MR) is 150 cm³/mol. The largest absolute Gasteiger partial charge is 0.381 e. The topological polar surface area (TPSA) is 45.9 Å². The molecule has 0 radical (unpaired) electrons. The number of ether oxygens (including phenoxy) is 1. The molecule has 5 heterocycles. The molecule has 4 aromatic rings. The summed E-state index contributed by atoms with van der Waals surface area (Å²) in [5, 5.41) is 1.20. The first kappa shape index (κ1) is 23.6. The molecule has 2 aromatic heterocycles. The Labute approximate surface area is 222 Å². The number of aromatic nitrogens is 2. The number of nitrogens with zero attached hydrogens (tertiary/aromatic N) is 5. The number of anilines is 1. The van der Waals surface area contributed by atoms with Gasteiger partial charge in [0, 0.05) is 85.6 Å². The number of piperazine rings is 1. The molecule has 2 saturated heterocycles. The fraction of sp³-hybridized carbons (Fsp3) is 0.355. The van der Waals surface area contributed by atoms with Crippen molar-refractivity contribution >= 4 is 22.9 Å². The van der Waals surface area contributed by atoms with Crippen LogP contribution >= 0.6 is 0 Å². The van der Waals surface area contributed by atoms with E-state index in [1.807, 2.05) is 24.5 Å². The summed E-state index contributed by atoms with van der Waals surface area (Å²) in [6.45, 7) is 6.29. The van der Waals surface area contributed by atoms with E-state index >= 15 is 0 Å². The molecule has 0 atom stereocenters. The molecule has 7 heteroatoms. The van der Waals surface area contributed by atoms with E-state index in [0.29, 0.717) is 12.5 Å². The summed E-state index contributed by atoms with van der Waals surface area (Å²) in [5.41, 5.74) is 8.12. The lowest BCUT2D eigenvalue weighted by Gasteiger charge is -2.33. The first-order valence-electron chi connectivity index (χ1n) is 13.6. The number of benzene rings is 2. The molecule has 0 amide bonds. The minimum absolute atomic E-state index is 0.227. The van der Waals surface area contributed by atoms with E-state index in [1.165, 1.54) is 22.2 Å². The van der Waals surface area contributed by atoms with E-state index in [4.69, 9.17) is 9.72 Å². The van der Waals surface area contributed by atoms with E-state index in [-0.39, 0.29) is 5.82 Å². The lowest BCUT2D eigenvalue weighted by Crippen LogP contribution is -2.44. The third-order valence-electron chi connectivity index (χ3n) is 8.31. The monoisotopic (exact) mass is 509 g/mol. The average molecular weight is 510 g/mol. The fourth-order valence-electron chi connectivity index (χ4n) is 6.20. The fourth-order valence-corrected chi connectivity index (χ4v) is 6.20. The van der Waals surface area contributed by atoms with Gasteiger partial charge < -0.3 is 19.1 Å². The first-order chi connectivity index (χ1) is 18.7. The van der Waals surface area contributed by atoms with Gasteiger partial charge in [0.1, 0.15) is 11.6 Å². The Morgan fingerprint density at radius 1 is 0.947 bits per heavy atom. The van der Waals surface area contributed by atoms with Crippen LogP contribution in [0, 0.1) is 5.82 Å². The van der Waals surface area contributed by atoms with Crippen molar-refractivity contribution in [2.75, 3.05) is 51.3 Å². The minimum Gasteiger partial charge on any atom is -0.381 e. The zero-order valence-corrected chi connectivity index (χ0v) is 21.7. The van der Waals surface area contributed by atoms with Crippen LogP contribution in [0.5, 0.6) is 0 Å². The van der Waals surface area contributed by atoms with E-state index < -0.39 is 0 Å². The molecule has 0 aliphatic carbocycles. The Bertz CT molecular complexity index is 1490. The maximum Gasteiger partial charge on any atom is 0.128 e. The summed E-state index contributed by atoms with van der Waals surface area (Å²) in [4.78, 5) is 14.2. The lowest BCUT2D eigenvalue weighted by atomic mass is 9.90. The Morgan fingerprint density at radius 2 is 1.74 bits per heavy atom. The van der Waals surface area contributed by atoms with Crippen LogP contribution in [0.3, 0.4) is 0 Å². The number of fused-ring (bicyclic) bond motifs is 2. The van der Waals surface area contributed by atoms with Crippen LogP contribution in [0.1, 0.15) is 35.6 Å². The molecule has 0 N–H and O–H groups in total. The van der Waals surface area contributed by atoms with Crippen LogP contribution < -0.4 is 4.90 Å². The van der Waals surface area contributed by atoms with E-state index in [1.54, 1.807) is 12.1 Å². The minimum atomic E-state index is -0.227. The average Bonchev–Trinajstić information content (AvgIpc) is 3.55. The van der Waals surface area contributed by atoms with Crippen molar-refractivity contribution in [2.24, 2.45) is 4.99 Å². The number of hydrogen-bond acceptors (Lipinski definition) is 5. The van der Waals surface area contributed by atoms with Crippen molar-refractivity contribution < 1.29 is 9.13 Å². The SMILES string of the molecule is CN1CCN(c2ccc(-c3c(C4CCOCC4)n(-c4ccc(F)cc4)c4cc5c(cc34)CN=C5)cn2)CC1. The van der Waals surface area contributed by atoms with Crippen LogP contribution in [-0.4, -0.2) is 67.1 Å². The van der Waals surface area contributed by atoms with Crippen LogP contribution in [0.15, 0.2) is 59.7 Å². The van der Waals surface area contributed by atoms with Crippen molar-refractivity contribution in [1.82, 2.24) is 14.5 Å². The highest BCUT2D eigenvalue weighted by molar-refractivity contribution is 6.03. The second-order valence-corrected chi connectivity index (χ2v) is 10.7. The van der Waals surface area contributed by atoms with Gasteiger partial charge in [-0.2, -0.15) is 0 Å². The molecule has 0 spiro atoms. The van der Waals surface area contributed by atoms with E-state index in [9.17, 15) is 4.39 Å². The molecule has 38 heavy (non-hydrogen) atoms. The maximum absolute atomic E-state index is 14.0. The molecule has 0 bridgehead atoms. The van der Waals surface area contributed by atoms with Crippen molar-refractivity contribution in [2.45, 2.75) is 25.3 Å². The highest BCUT2D eigenvalue weighted by Gasteiger charge is 2.29. The number of pyridine rings is 1. The van der Waals surface area contributed by atoms with Gasteiger partial charge in [-0.1, -0.05) is 0 Å². The Morgan fingerprint density at radius 3 is 2.47 bits per heavy atom. The standard InChI is InChI=1S/C31H32FN5O/c1-35-10-12-36(13-11-35)29-7-2-22(20-34-29)30-27-16-23-18-33-19-24(23)17-28(27)37(26-5-3-25(32)4-6-26)31(30)21-8-14-38-15-9-21/h2-7,16-17,19-21H,8-15,18H2,1H3. The maximum atomic E-state index is 14.0. The molecule has 0 saturated carbocycles. The molecular weight excluding hydrogens is 477 g/mol. The van der Waals surface area contributed by atoms with Gasteiger partial charge in [0.05, 0.1) is 12.1 Å². The van der Waals surface area contributed by atoms with Gasteiger partial charge in [-0.15, -0.1) is 0 Å². The normalized spacial score (nSPS) is 18.4. The number of halogens is 1. The predicted octanol–water partition coefficient (Wildman–Crippen LogP) is 5.41. The van der Waals surface area contributed by atoms with E-state index in [0.717, 1.165) is 80.4 Å². The van der Waals surface area contributed by atoms with Gasteiger partial charge in [-0.25, -0.2) is 9.37 Å². The molecule has 0 unspecified atom stereocenters. The van der Waals surface area contributed by atoms with Crippen LogP contribution in [0.4, 0.5) is 10.2 Å². The summed E-state index contributed by atoms with van der Waals surface area (Å²) in [6, 6.07) is 15.8. The molecule has 194 valence electrons. The molecule has 2 aromatic carbocycles. The second kappa shape index (κ2) is 9.64. The third-order valence-corrected chi connectivity index (χ3v) is 8.31. The summed E-state index contributed by atoms with van der Waals surface area (Å²) >= 11 is 0. The Hall–Kier alpha value is -3.55. The zero-order chi connectivity index (χ0) is 25.6. The molecule has 3 aliphatic rings. The highest BCUT2D eigenvalue weighted by atomic mass is 19.1. The molecule has 3 aliphatic heterocycles. The van der Waals surface area contributed by atoms with Gasteiger partial charge in [0.25, 0.3) is 0 Å². The van der Waals surface area contributed by atoms with Gasteiger partial charge in [-0.05, 0) is 79.5 Å². The summed E-state index contributed by atoms with van der Waals surface area (Å²) in [5.74, 6) is 1.14.